The Bertz CT molecular complexity index is 578. The molecule has 0 aliphatic heterocycles. The minimum absolute atomic E-state index is 0.173. The molecule has 1 aromatic carbocycles. The van der Waals surface area contributed by atoms with E-state index in [1.165, 1.54) is 23.9 Å². The Kier molecular flexibility index (Phi) is 3.80. The van der Waals surface area contributed by atoms with Gasteiger partial charge in [0.05, 0.1) is 5.75 Å². The van der Waals surface area contributed by atoms with Crippen molar-refractivity contribution >= 4 is 17.4 Å². The fourth-order valence-electron chi connectivity index (χ4n) is 1.39. The number of halogens is 1. The van der Waals surface area contributed by atoms with E-state index in [9.17, 15) is 4.39 Å². The van der Waals surface area contributed by atoms with E-state index in [2.05, 4.69) is 10.2 Å². The molecule has 0 aliphatic carbocycles. The van der Waals surface area contributed by atoms with E-state index in [0.29, 0.717) is 28.1 Å². The number of hydrogen-bond acceptors (Lipinski definition) is 5. The lowest BCUT2D eigenvalue weighted by atomic mass is 9.97. The highest BCUT2D eigenvalue weighted by atomic mass is 32.2. The minimum Gasteiger partial charge on any atom is -0.424 e. The molecule has 19 heavy (non-hydrogen) atoms. The van der Waals surface area contributed by atoms with E-state index in [4.69, 9.17) is 10.2 Å². The molecule has 0 saturated carbocycles. The summed E-state index contributed by atoms with van der Waals surface area (Å²) in [7, 11) is 0. The Morgan fingerprint density at radius 2 is 2.05 bits per heavy atom. The number of anilines is 1. The molecule has 4 nitrogen and oxygen atoms in total. The first kappa shape index (κ1) is 13.9. The maximum Gasteiger partial charge on any atom is 0.226 e. The molecule has 102 valence electrons. The molecule has 0 atom stereocenters. The van der Waals surface area contributed by atoms with Crippen molar-refractivity contribution in [1.82, 2.24) is 10.2 Å². The Morgan fingerprint density at radius 3 is 2.68 bits per heavy atom. The molecule has 1 heterocycles. The molecule has 0 bridgehead atoms. The number of thioether (sulfide) groups is 1. The smallest absolute Gasteiger partial charge is 0.226 e. The van der Waals surface area contributed by atoms with Gasteiger partial charge >= 0.3 is 0 Å². The lowest BCUT2D eigenvalue weighted by Crippen LogP contribution is -2.11. The highest BCUT2D eigenvalue weighted by molar-refractivity contribution is 7.98. The summed E-state index contributed by atoms with van der Waals surface area (Å²) in [4.78, 5) is 0.676. The van der Waals surface area contributed by atoms with Crippen molar-refractivity contribution in [3.8, 4) is 0 Å². The molecule has 0 radical (unpaired) electrons. The molecule has 0 aliphatic rings. The second-order valence-corrected chi connectivity index (χ2v) is 6.24. The van der Waals surface area contributed by atoms with Crippen LogP contribution < -0.4 is 5.73 Å². The minimum atomic E-state index is -0.308. The molecule has 0 amide bonds. The maximum absolute atomic E-state index is 13.1. The Hall–Kier alpha value is -1.56. The van der Waals surface area contributed by atoms with Gasteiger partial charge in [-0.25, -0.2) is 4.39 Å². The second kappa shape index (κ2) is 5.21. The molecule has 2 rings (SSSR count). The number of nitrogen functional groups attached to an aromatic ring is 1. The van der Waals surface area contributed by atoms with Crippen LogP contribution >= 0.6 is 11.8 Å². The van der Waals surface area contributed by atoms with Gasteiger partial charge in [0.1, 0.15) is 5.82 Å². The third kappa shape index (κ3) is 3.47. The van der Waals surface area contributed by atoms with E-state index in [0.717, 1.165) is 0 Å². The van der Waals surface area contributed by atoms with Crippen LogP contribution in [0.3, 0.4) is 0 Å². The predicted molar refractivity (Wildman–Crippen MR) is 73.4 cm³/mol. The number of benzene rings is 1. The number of aromatic nitrogens is 2. The standard InChI is InChI=1S/C13H16FN3OS/c1-13(2,3)12-17-16-11(18-12)7-19-10-6-8(14)4-5-9(10)15/h4-6H,7,15H2,1-3H3. The van der Waals surface area contributed by atoms with Gasteiger partial charge in [-0.1, -0.05) is 20.8 Å². The number of hydrogen-bond donors (Lipinski definition) is 1. The third-order valence-electron chi connectivity index (χ3n) is 2.44. The summed E-state index contributed by atoms with van der Waals surface area (Å²) in [6.07, 6.45) is 0. The van der Waals surface area contributed by atoms with Crippen molar-refractivity contribution in [3.05, 3.63) is 35.8 Å². The van der Waals surface area contributed by atoms with Crippen LogP contribution in [0.5, 0.6) is 0 Å². The van der Waals surface area contributed by atoms with E-state index < -0.39 is 0 Å². The highest BCUT2D eigenvalue weighted by Gasteiger charge is 2.21. The van der Waals surface area contributed by atoms with Crippen molar-refractivity contribution in [2.75, 3.05) is 5.73 Å². The monoisotopic (exact) mass is 281 g/mol. The van der Waals surface area contributed by atoms with Crippen LogP contribution in [0.4, 0.5) is 10.1 Å². The van der Waals surface area contributed by atoms with Gasteiger partial charge in [0.25, 0.3) is 0 Å². The number of nitrogens with zero attached hydrogens (tertiary/aromatic N) is 2. The van der Waals surface area contributed by atoms with Crippen molar-refractivity contribution < 1.29 is 8.81 Å². The average Bonchev–Trinajstić information content (AvgIpc) is 2.79. The van der Waals surface area contributed by atoms with Crippen LogP contribution in [0, 0.1) is 5.82 Å². The summed E-state index contributed by atoms with van der Waals surface area (Å²) in [5.74, 6) is 1.27. The summed E-state index contributed by atoms with van der Waals surface area (Å²) < 4.78 is 18.7. The zero-order valence-corrected chi connectivity index (χ0v) is 11.9. The van der Waals surface area contributed by atoms with Crippen LogP contribution in [-0.4, -0.2) is 10.2 Å². The van der Waals surface area contributed by atoms with Gasteiger partial charge in [-0.2, -0.15) is 0 Å². The summed E-state index contributed by atoms with van der Waals surface area (Å²) in [5.41, 5.74) is 6.14. The first-order valence-corrected chi connectivity index (χ1v) is 6.85. The summed E-state index contributed by atoms with van der Waals surface area (Å²) in [6.45, 7) is 6.01. The average molecular weight is 281 g/mol. The largest absolute Gasteiger partial charge is 0.424 e. The number of rotatable bonds is 3. The van der Waals surface area contributed by atoms with Gasteiger partial charge in [0.2, 0.25) is 11.8 Å². The van der Waals surface area contributed by atoms with E-state index >= 15 is 0 Å². The van der Waals surface area contributed by atoms with Gasteiger partial charge in [-0.05, 0) is 18.2 Å². The zero-order valence-electron chi connectivity index (χ0n) is 11.1. The molecule has 6 heteroatoms. The second-order valence-electron chi connectivity index (χ2n) is 5.22. The zero-order chi connectivity index (χ0) is 14.0. The summed E-state index contributed by atoms with van der Waals surface area (Å²) in [5, 5.41) is 7.98. The molecule has 2 N–H and O–H groups in total. The molecule has 0 saturated heterocycles. The predicted octanol–water partition coefficient (Wildman–Crippen LogP) is 3.38. The fourth-order valence-corrected chi connectivity index (χ4v) is 2.21. The van der Waals surface area contributed by atoms with Gasteiger partial charge in [0.15, 0.2) is 0 Å². The quantitative estimate of drug-likeness (QED) is 0.690. The Balaban J connectivity index is 2.06. The van der Waals surface area contributed by atoms with Crippen molar-refractivity contribution in [1.29, 1.82) is 0 Å². The fraction of sp³-hybridized carbons (Fsp3) is 0.385. The maximum atomic E-state index is 13.1. The molecular formula is C13H16FN3OS. The van der Waals surface area contributed by atoms with Crippen LogP contribution in [0.1, 0.15) is 32.6 Å². The lowest BCUT2D eigenvalue weighted by molar-refractivity contribution is 0.378. The van der Waals surface area contributed by atoms with Gasteiger partial charge < -0.3 is 10.2 Å². The van der Waals surface area contributed by atoms with Gasteiger partial charge in [-0.3, -0.25) is 0 Å². The number of nitrogens with two attached hydrogens (primary N) is 1. The van der Waals surface area contributed by atoms with Crippen molar-refractivity contribution in [2.45, 2.75) is 36.8 Å². The topological polar surface area (TPSA) is 64.9 Å². The molecule has 2 aromatic rings. The molecule has 0 spiro atoms. The van der Waals surface area contributed by atoms with Crippen LogP contribution in [0.25, 0.3) is 0 Å². The van der Waals surface area contributed by atoms with E-state index in [-0.39, 0.29) is 11.2 Å². The SMILES string of the molecule is CC(C)(C)c1nnc(CSc2cc(F)ccc2N)o1. The summed E-state index contributed by atoms with van der Waals surface area (Å²) >= 11 is 1.38. The van der Waals surface area contributed by atoms with Crippen molar-refractivity contribution in [3.63, 3.8) is 0 Å². The molecule has 0 unspecified atom stereocenters. The normalized spacial score (nSPS) is 11.8. The molecular weight excluding hydrogens is 265 g/mol. The van der Waals surface area contributed by atoms with Crippen LogP contribution in [0.2, 0.25) is 0 Å². The summed E-state index contributed by atoms with van der Waals surface area (Å²) in [6, 6.07) is 4.29. The molecule has 0 fully saturated rings. The van der Waals surface area contributed by atoms with Gasteiger partial charge in [-0.15, -0.1) is 22.0 Å². The highest BCUT2D eigenvalue weighted by Crippen LogP contribution is 2.29. The van der Waals surface area contributed by atoms with Gasteiger partial charge in [0, 0.05) is 16.0 Å². The first-order chi connectivity index (χ1) is 8.86. The van der Waals surface area contributed by atoms with Crippen LogP contribution in [0.15, 0.2) is 27.5 Å². The Labute approximate surface area is 115 Å². The van der Waals surface area contributed by atoms with Crippen molar-refractivity contribution in [2.24, 2.45) is 0 Å². The molecule has 1 aromatic heterocycles. The van der Waals surface area contributed by atoms with E-state index in [1.807, 2.05) is 20.8 Å². The lowest BCUT2D eigenvalue weighted by Gasteiger charge is -2.10. The van der Waals surface area contributed by atoms with Crippen LogP contribution in [-0.2, 0) is 11.2 Å². The Morgan fingerprint density at radius 1 is 1.32 bits per heavy atom. The first-order valence-electron chi connectivity index (χ1n) is 5.87. The van der Waals surface area contributed by atoms with E-state index in [1.54, 1.807) is 6.07 Å². The third-order valence-corrected chi connectivity index (χ3v) is 3.49.